The predicted octanol–water partition coefficient (Wildman–Crippen LogP) is 5.57. The van der Waals surface area contributed by atoms with Gasteiger partial charge in [0, 0.05) is 4.88 Å². The number of carbonyl (C=O) groups is 1. The van der Waals surface area contributed by atoms with E-state index in [4.69, 9.17) is 0 Å². The normalized spacial score (nSPS) is 11.4. The zero-order chi connectivity index (χ0) is 21.0. The van der Waals surface area contributed by atoms with Crippen LogP contribution < -0.4 is 4.72 Å². The Hall–Kier alpha value is -2.64. The number of thiophene rings is 1. The Balaban J connectivity index is 2.03. The molecule has 1 aromatic heterocycles. The van der Waals surface area contributed by atoms with Crippen LogP contribution in [0.1, 0.15) is 40.6 Å². The summed E-state index contributed by atoms with van der Waals surface area (Å²) in [7, 11) is -3.90. The molecule has 0 bridgehead atoms. The van der Waals surface area contributed by atoms with Gasteiger partial charge >= 0.3 is 5.97 Å². The zero-order valence-electron chi connectivity index (χ0n) is 16.3. The van der Waals surface area contributed by atoms with Gasteiger partial charge in [0.05, 0.1) is 10.6 Å². The van der Waals surface area contributed by atoms with E-state index in [1.807, 2.05) is 24.3 Å². The molecule has 7 heteroatoms. The number of anilines is 1. The Bertz CT molecular complexity index is 1130. The molecule has 0 saturated heterocycles. The number of aryl methyl sites for hydroxylation is 2. The summed E-state index contributed by atoms with van der Waals surface area (Å²) < 4.78 is 28.2. The maximum absolute atomic E-state index is 12.9. The molecule has 0 amide bonds. The van der Waals surface area contributed by atoms with E-state index < -0.39 is 16.0 Å². The van der Waals surface area contributed by atoms with Gasteiger partial charge in [0.2, 0.25) is 0 Å². The number of unbranched alkanes of at least 4 members (excludes halogenated alkanes) is 1. The summed E-state index contributed by atoms with van der Waals surface area (Å²) in [6, 6.07) is 16.1. The van der Waals surface area contributed by atoms with Crippen molar-refractivity contribution in [3.63, 3.8) is 0 Å². The molecule has 0 aliphatic rings. The molecule has 0 unspecified atom stereocenters. The van der Waals surface area contributed by atoms with Crippen molar-refractivity contribution in [1.29, 1.82) is 0 Å². The monoisotopic (exact) mass is 429 g/mol. The summed E-state index contributed by atoms with van der Waals surface area (Å²) in [6.45, 7) is 3.82. The van der Waals surface area contributed by atoms with Crippen molar-refractivity contribution in [3.8, 4) is 10.4 Å². The van der Waals surface area contributed by atoms with Gasteiger partial charge in [0.15, 0.2) is 0 Å². The van der Waals surface area contributed by atoms with Crippen molar-refractivity contribution in [2.75, 3.05) is 4.72 Å². The first kappa shape index (κ1) is 21.1. The van der Waals surface area contributed by atoms with Gasteiger partial charge in [-0.15, -0.1) is 11.3 Å². The average Bonchev–Trinajstić information content (AvgIpc) is 3.10. The number of hydrogen-bond donors (Lipinski definition) is 2. The smallest absolute Gasteiger partial charge is 0.348 e. The standard InChI is InChI=1S/C22H23NO4S2/c1-3-4-10-16-11-6-7-12-17(16)19-14-18(21(28-19)22(24)25)23-29(26,27)20-13-8-5-9-15(20)2/h5-9,11-14,23H,3-4,10H2,1-2H3,(H,24,25). The van der Waals surface area contributed by atoms with Crippen molar-refractivity contribution in [2.45, 2.75) is 38.0 Å². The highest BCUT2D eigenvalue weighted by atomic mass is 32.2. The molecule has 0 fully saturated rings. The summed E-state index contributed by atoms with van der Waals surface area (Å²) in [5.74, 6) is -1.16. The Kier molecular flexibility index (Phi) is 6.39. The second kappa shape index (κ2) is 8.80. The molecule has 3 rings (SSSR count). The van der Waals surface area contributed by atoms with Gasteiger partial charge in [-0.3, -0.25) is 4.72 Å². The molecule has 0 spiro atoms. The third-order valence-electron chi connectivity index (χ3n) is 4.64. The second-order valence-corrected chi connectivity index (χ2v) is 9.49. The maximum atomic E-state index is 12.9. The first-order valence-electron chi connectivity index (χ1n) is 9.37. The molecule has 152 valence electrons. The minimum atomic E-state index is -3.90. The van der Waals surface area contributed by atoms with E-state index in [1.165, 1.54) is 6.07 Å². The van der Waals surface area contributed by atoms with E-state index in [0.717, 1.165) is 46.6 Å². The van der Waals surface area contributed by atoms with Gasteiger partial charge in [-0.2, -0.15) is 0 Å². The number of hydrogen-bond acceptors (Lipinski definition) is 4. The van der Waals surface area contributed by atoms with Crippen LogP contribution in [0.25, 0.3) is 10.4 Å². The maximum Gasteiger partial charge on any atom is 0.348 e. The molecule has 3 aromatic rings. The third-order valence-corrected chi connectivity index (χ3v) is 7.32. The zero-order valence-corrected chi connectivity index (χ0v) is 17.9. The molecule has 5 nitrogen and oxygen atoms in total. The Morgan fingerprint density at radius 3 is 2.48 bits per heavy atom. The summed E-state index contributed by atoms with van der Waals surface area (Å²) in [5, 5.41) is 9.63. The molecule has 2 N–H and O–H groups in total. The van der Waals surface area contributed by atoms with Crippen LogP contribution in [0.3, 0.4) is 0 Å². The Morgan fingerprint density at radius 2 is 1.79 bits per heavy atom. The Labute approximate surface area is 175 Å². The van der Waals surface area contributed by atoms with Crippen molar-refractivity contribution < 1.29 is 18.3 Å². The number of aromatic carboxylic acids is 1. The molecule has 1 heterocycles. The average molecular weight is 430 g/mol. The number of carboxylic acids is 1. The quantitative estimate of drug-likeness (QED) is 0.491. The largest absolute Gasteiger partial charge is 0.477 e. The fraction of sp³-hybridized carbons (Fsp3) is 0.227. The van der Waals surface area contributed by atoms with E-state index in [1.54, 1.807) is 31.2 Å². The molecule has 0 saturated carbocycles. The minimum absolute atomic E-state index is 0.0255. The van der Waals surface area contributed by atoms with Crippen molar-refractivity contribution in [3.05, 3.63) is 70.6 Å². The van der Waals surface area contributed by atoms with E-state index in [-0.39, 0.29) is 15.5 Å². The highest BCUT2D eigenvalue weighted by Crippen LogP contribution is 2.38. The van der Waals surface area contributed by atoms with Gasteiger partial charge in [-0.25, -0.2) is 13.2 Å². The Morgan fingerprint density at radius 1 is 1.10 bits per heavy atom. The van der Waals surface area contributed by atoms with Crippen LogP contribution in [-0.4, -0.2) is 19.5 Å². The fourth-order valence-electron chi connectivity index (χ4n) is 3.16. The summed E-state index contributed by atoms with van der Waals surface area (Å²) in [6.07, 6.45) is 2.97. The molecule has 0 aliphatic heterocycles. The number of sulfonamides is 1. The summed E-state index contributed by atoms with van der Waals surface area (Å²) in [5.41, 5.74) is 2.75. The van der Waals surface area contributed by atoms with Crippen LogP contribution in [0.5, 0.6) is 0 Å². The van der Waals surface area contributed by atoms with Crippen LogP contribution in [0.2, 0.25) is 0 Å². The topological polar surface area (TPSA) is 83.5 Å². The minimum Gasteiger partial charge on any atom is -0.477 e. The van der Waals surface area contributed by atoms with Crippen LogP contribution in [0.15, 0.2) is 59.5 Å². The molecule has 0 radical (unpaired) electrons. The van der Waals surface area contributed by atoms with E-state index >= 15 is 0 Å². The summed E-state index contributed by atoms with van der Waals surface area (Å²) >= 11 is 1.08. The molecular weight excluding hydrogens is 406 g/mol. The molecule has 29 heavy (non-hydrogen) atoms. The lowest BCUT2D eigenvalue weighted by Crippen LogP contribution is -2.15. The van der Waals surface area contributed by atoms with Crippen molar-refractivity contribution in [2.24, 2.45) is 0 Å². The lowest BCUT2D eigenvalue weighted by atomic mass is 10.0. The number of benzene rings is 2. The van der Waals surface area contributed by atoms with Gasteiger partial charge in [0.1, 0.15) is 4.88 Å². The van der Waals surface area contributed by atoms with Crippen LogP contribution in [-0.2, 0) is 16.4 Å². The number of nitrogens with one attached hydrogen (secondary N) is 1. The number of carboxylic acid groups (broad SMARTS) is 1. The van der Waals surface area contributed by atoms with E-state index in [0.29, 0.717) is 5.56 Å². The highest BCUT2D eigenvalue weighted by molar-refractivity contribution is 7.92. The van der Waals surface area contributed by atoms with Gasteiger partial charge < -0.3 is 5.11 Å². The van der Waals surface area contributed by atoms with Gasteiger partial charge in [-0.05, 0) is 48.6 Å². The van der Waals surface area contributed by atoms with E-state index in [2.05, 4.69) is 11.6 Å². The van der Waals surface area contributed by atoms with Gasteiger partial charge in [0.25, 0.3) is 10.0 Å². The second-order valence-electron chi connectivity index (χ2n) is 6.79. The van der Waals surface area contributed by atoms with Crippen LogP contribution in [0, 0.1) is 6.92 Å². The number of rotatable bonds is 8. The molecule has 2 aromatic carbocycles. The first-order chi connectivity index (χ1) is 13.8. The van der Waals surface area contributed by atoms with Crippen LogP contribution in [0.4, 0.5) is 5.69 Å². The SMILES string of the molecule is CCCCc1ccccc1-c1cc(NS(=O)(=O)c2ccccc2C)c(C(=O)O)s1. The predicted molar refractivity (Wildman–Crippen MR) is 117 cm³/mol. The molecule has 0 aliphatic carbocycles. The molecule has 0 atom stereocenters. The summed E-state index contributed by atoms with van der Waals surface area (Å²) in [4.78, 5) is 12.6. The first-order valence-corrected chi connectivity index (χ1v) is 11.7. The highest BCUT2D eigenvalue weighted by Gasteiger charge is 2.23. The van der Waals surface area contributed by atoms with Gasteiger partial charge in [-0.1, -0.05) is 55.8 Å². The van der Waals surface area contributed by atoms with Crippen molar-refractivity contribution >= 4 is 33.0 Å². The lowest BCUT2D eigenvalue weighted by Gasteiger charge is -2.09. The third kappa shape index (κ3) is 4.68. The van der Waals surface area contributed by atoms with E-state index in [9.17, 15) is 18.3 Å². The van der Waals surface area contributed by atoms with Crippen LogP contribution >= 0.6 is 11.3 Å². The lowest BCUT2D eigenvalue weighted by molar-refractivity contribution is 0.0703. The molecular formula is C22H23NO4S2. The van der Waals surface area contributed by atoms with Crippen molar-refractivity contribution in [1.82, 2.24) is 0 Å². The fourth-order valence-corrected chi connectivity index (χ4v) is 5.55.